The maximum absolute atomic E-state index is 12.0. The van der Waals surface area contributed by atoms with Gasteiger partial charge < -0.3 is 9.64 Å². The molecule has 188 valence electrons. The molecule has 35 heavy (non-hydrogen) atoms. The van der Waals surface area contributed by atoms with Gasteiger partial charge >= 0.3 is 155 Å². The molecule has 0 saturated carbocycles. The fourth-order valence-corrected chi connectivity index (χ4v) is 5.44. The van der Waals surface area contributed by atoms with E-state index in [4.69, 9.17) is 9.72 Å². The average Bonchev–Trinajstić information content (AvgIpc) is 3.46. The number of carbonyl (C=O) groups excluding carboxylic acids is 1. The summed E-state index contributed by atoms with van der Waals surface area (Å²) >= 11 is 1.18. The number of aryl methyl sites for hydroxylation is 1. The van der Waals surface area contributed by atoms with Gasteiger partial charge in [0.05, 0.1) is 0 Å². The molecule has 0 aliphatic carbocycles. The number of piperazine rings is 1. The predicted octanol–water partition coefficient (Wildman–Crippen LogP) is -0.374. The number of halogens is 1. The maximum atomic E-state index is 12.0. The van der Waals surface area contributed by atoms with Crippen LogP contribution in [-0.4, -0.2) is 74.3 Å². The normalized spacial score (nSPS) is 15.1. The average molecular weight is 610 g/mol. The number of hydrogen-bond donors (Lipinski definition) is 2. The van der Waals surface area contributed by atoms with Gasteiger partial charge in [0.1, 0.15) is 6.61 Å². The van der Waals surface area contributed by atoms with Crippen molar-refractivity contribution in [1.82, 2.24) is 32.1 Å². The summed E-state index contributed by atoms with van der Waals surface area (Å²) in [5, 5.41) is 4.34. The van der Waals surface area contributed by atoms with Crippen LogP contribution in [0.3, 0.4) is 0 Å². The van der Waals surface area contributed by atoms with E-state index in [0.717, 1.165) is 52.9 Å². The van der Waals surface area contributed by atoms with Crippen molar-refractivity contribution < 1.29 is 31.0 Å². The molecule has 1 saturated heterocycles. The molecule has 0 aromatic carbocycles. The number of carbonyl (C=O) groups is 1. The van der Waals surface area contributed by atoms with E-state index in [1.807, 2.05) is 34.5 Å². The molecular weight excluding hydrogens is 579 g/mol. The number of nitrogens with zero attached hydrogens (tertiary/aromatic N) is 6. The number of imidazole rings is 1. The molecule has 3 aromatic rings. The molecule has 4 rings (SSSR count). The summed E-state index contributed by atoms with van der Waals surface area (Å²) in [5.74, 6) is 0.752. The van der Waals surface area contributed by atoms with Gasteiger partial charge in [0.15, 0.2) is 0 Å². The van der Waals surface area contributed by atoms with Gasteiger partial charge in [-0.25, -0.2) is 0 Å². The minimum absolute atomic E-state index is 0.0478. The van der Waals surface area contributed by atoms with Crippen molar-refractivity contribution in [3.05, 3.63) is 52.4 Å². The van der Waals surface area contributed by atoms with Crippen LogP contribution in [0.1, 0.15) is 24.0 Å². The molecule has 0 radical (unpaired) electrons. The van der Waals surface area contributed by atoms with Crippen LogP contribution in [0.15, 0.2) is 35.3 Å². The number of methoxy groups -OCH3 is 1. The Morgan fingerprint density at radius 3 is 2.89 bits per heavy atom. The van der Waals surface area contributed by atoms with E-state index >= 15 is 0 Å². The zero-order valence-corrected chi connectivity index (χ0v) is 23.1. The second kappa shape index (κ2) is 11.9. The Kier molecular flexibility index (Phi) is 8.70. The number of fused-ring (bicyclic) bond motifs is 1. The van der Waals surface area contributed by atoms with Gasteiger partial charge in [-0.1, -0.05) is 0 Å². The van der Waals surface area contributed by atoms with Crippen LogP contribution in [0.25, 0.3) is 11.2 Å². The summed E-state index contributed by atoms with van der Waals surface area (Å²) in [6.45, 7) is 11.8. The van der Waals surface area contributed by atoms with E-state index in [2.05, 4.69) is 47.1 Å². The SMILES string of the molecule is C=C[I-]N/C=C(\C)c1cnc2c(Nc3cc(CN4CCN(C(=O)COC)CC4)ns3)nc(C)cn12. The second-order valence-electron chi connectivity index (χ2n) is 8.17. The number of hydrogen-bond acceptors (Lipinski definition) is 9. The van der Waals surface area contributed by atoms with Crippen molar-refractivity contribution in [3.8, 4) is 0 Å². The van der Waals surface area contributed by atoms with E-state index in [9.17, 15) is 4.79 Å². The van der Waals surface area contributed by atoms with Crippen LogP contribution < -0.4 is 30.3 Å². The predicted molar refractivity (Wildman–Crippen MR) is 134 cm³/mol. The third kappa shape index (κ3) is 6.37. The molecule has 1 fully saturated rings. The molecular formula is C23H30IN8O2S-. The van der Waals surface area contributed by atoms with Gasteiger partial charge in [-0.05, 0) is 0 Å². The van der Waals surface area contributed by atoms with E-state index in [1.54, 1.807) is 7.11 Å². The molecule has 1 aliphatic heterocycles. The number of rotatable bonds is 10. The Balaban J connectivity index is 1.42. The number of aromatic nitrogens is 4. The molecule has 0 atom stereocenters. The molecule has 4 heterocycles. The van der Waals surface area contributed by atoms with Crippen LogP contribution in [0, 0.1) is 6.92 Å². The first-order valence-corrected chi connectivity index (χ1v) is 14.3. The summed E-state index contributed by atoms with van der Waals surface area (Å²) in [4.78, 5) is 25.5. The van der Waals surface area contributed by atoms with Crippen molar-refractivity contribution in [2.75, 3.05) is 45.2 Å². The second-order valence-corrected chi connectivity index (χ2v) is 11.1. The fraction of sp³-hybridized carbons (Fsp3) is 0.391. The van der Waals surface area contributed by atoms with Gasteiger partial charge in [0, 0.05) is 33.3 Å². The van der Waals surface area contributed by atoms with Crippen molar-refractivity contribution in [3.63, 3.8) is 0 Å². The van der Waals surface area contributed by atoms with Gasteiger partial charge in [-0.3, -0.25) is 9.69 Å². The molecule has 0 unspecified atom stereocenters. The van der Waals surface area contributed by atoms with Gasteiger partial charge in [-0.15, -0.1) is 0 Å². The van der Waals surface area contributed by atoms with Crippen molar-refractivity contribution >= 4 is 39.5 Å². The Bertz CT molecular complexity index is 1220. The van der Waals surface area contributed by atoms with E-state index in [1.165, 1.54) is 11.5 Å². The molecule has 2 N–H and O–H groups in total. The van der Waals surface area contributed by atoms with E-state index < -0.39 is 0 Å². The molecule has 10 nitrogen and oxygen atoms in total. The molecule has 3 aromatic heterocycles. The quantitative estimate of drug-likeness (QED) is 0.183. The Morgan fingerprint density at radius 2 is 2.14 bits per heavy atom. The molecule has 1 amide bonds. The first kappa shape index (κ1) is 25.5. The Labute approximate surface area is 219 Å². The monoisotopic (exact) mass is 609 g/mol. The first-order chi connectivity index (χ1) is 17.0. The summed E-state index contributed by atoms with van der Waals surface area (Å²) in [7, 11) is 1.55. The number of ether oxygens (including phenoxy) is 1. The Morgan fingerprint density at radius 1 is 1.34 bits per heavy atom. The van der Waals surface area contributed by atoms with Gasteiger partial charge in [0.25, 0.3) is 0 Å². The number of allylic oxidation sites excluding steroid dienone is 1. The van der Waals surface area contributed by atoms with Gasteiger partial charge in [0.2, 0.25) is 5.91 Å². The third-order valence-electron chi connectivity index (χ3n) is 5.61. The van der Waals surface area contributed by atoms with E-state index in [-0.39, 0.29) is 34.0 Å². The first-order valence-electron chi connectivity index (χ1n) is 11.2. The van der Waals surface area contributed by atoms with Crippen LogP contribution in [0.5, 0.6) is 0 Å². The number of nitrogens with one attached hydrogen (secondary N) is 2. The van der Waals surface area contributed by atoms with Crippen LogP contribution in [-0.2, 0) is 16.1 Å². The van der Waals surface area contributed by atoms with Crippen LogP contribution in [0.2, 0.25) is 0 Å². The zero-order valence-electron chi connectivity index (χ0n) is 20.1. The summed E-state index contributed by atoms with van der Waals surface area (Å²) in [6.07, 6.45) is 5.89. The van der Waals surface area contributed by atoms with Gasteiger partial charge in [-0.2, -0.15) is 0 Å². The van der Waals surface area contributed by atoms with Crippen LogP contribution >= 0.6 is 11.5 Å². The standard InChI is InChI=1S/C23H30IN8O2S/c1-5-24-26-11-16(2)19-12-25-23-22(27-17(3)13-32(19)23)28-20-10-18(29-35-20)14-30-6-8-31(9-7-30)21(33)15-34-4/h5,10-13,26H,1,6-9,14-15H2,2-4H3,(H,27,28)/q-1/b16-11+. The molecule has 1 aliphatic rings. The summed E-state index contributed by atoms with van der Waals surface area (Å²) in [6, 6.07) is 2.06. The third-order valence-corrected chi connectivity index (χ3v) is 7.46. The Hall–Kier alpha value is -2.55. The van der Waals surface area contributed by atoms with Crippen molar-refractivity contribution in [2.45, 2.75) is 20.4 Å². The zero-order chi connectivity index (χ0) is 24.8. The molecule has 0 bridgehead atoms. The summed E-state index contributed by atoms with van der Waals surface area (Å²) < 4.78 is 16.9. The van der Waals surface area contributed by atoms with Crippen molar-refractivity contribution in [2.24, 2.45) is 0 Å². The molecule has 0 spiro atoms. The topological polar surface area (TPSA) is 99.9 Å². The van der Waals surface area contributed by atoms with Crippen molar-refractivity contribution in [1.29, 1.82) is 0 Å². The number of amides is 1. The van der Waals surface area contributed by atoms with E-state index in [0.29, 0.717) is 18.9 Å². The number of anilines is 2. The van der Waals surface area contributed by atoms with Crippen LogP contribution in [0.4, 0.5) is 10.8 Å². The fourth-order valence-electron chi connectivity index (χ4n) is 3.88. The minimum atomic E-state index is -0.234. The molecule has 12 heteroatoms. The summed E-state index contributed by atoms with van der Waals surface area (Å²) in [5.41, 5.74) is 4.77.